The molecule has 0 saturated carbocycles. The normalized spacial score (nSPS) is 22.1. The molecule has 0 saturated heterocycles. The summed E-state index contributed by atoms with van der Waals surface area (Å²) in [5.41, 5.74) is 1.07. The van der Waals surface area contributed by atoms with E-state index >= 15 is 0 Å². The summed E-state index contributed by atoms with van der Waals surface area (Å²) < 4.78 is 0. The Morgan fingerprint density at radius 3 is 2.70 bits per heavy atom. The Hall–Kier alpha value is -0.850. The Kier molecular flexibility index (Phi) is 1.75. The number of nitrogens with zero attached hydrogens (tertiary/aromatic N) is 1. The van der Waals surface area contributed by atoms with Crippen molar-refractivity contribution in [3.05, 3.63) is 24.3 Å². The highest BCUT2D eigenvalue weighted by Crippen LogP contribution is 2.13. The van der Waals surface area contributed by atoms with Crippen LogP contribution in [0.5, 0.6) is 0 Å². The number of hydrogen-bond acceptors (Lipinski definition) is 1. The zero-order valence-corrected chi connectivity index (χ0v) is 6.76. The highest BCUT2D eigenvalue weighted by atomic mass is 14.8. The maximum atomic E-state index is 4.45. The molecule has 1 heterocycles. The summed E-state index contributed by atoms with van der Waals surface area (Å²) in [5, 5.41) is 0. The second-order valence-electron chi connectivity index (χ2n) is 3.13. The molecule has 1 aliphatic rings. The Morgan fingerprint density at radius 2 is 2.00 bits per heavy atom. The van der Waals surface area contributed by atoms with Crippen LogP contribution in [0.15, 0.2) is 29.3 Å². The first-order valence-electron chi connectivity index (χ1n) is 3.52. The molecule has 1 heteroatoms. The van der Waals surface area contributed by atoms with Crippen LogP contribution in [0.1, 0.15) is 20.8 Å². The highest BCUT2D eigenvalue weighted by Gasteiger charge is 2.11. The Bertz CT molecular complexity index is 207. The van der Waals surface area contributed by atoms with Gasteiger partial charge in [-0.3, -0.25) is 4.99 Å². The second kappa shape index (κ2) is 2.41. The fourth-order valence-electron chi connectivity index (χ4n) is 1.01. The molecule has 0 aromatic heterocycles. The summed E-state index contributed by atoms with van der Waals surface area (Å²) in [7, 11) is 0. The molecule has 0 amide bonds. The molecule has 0 fully saturated rings. The van der Waals surface area contributed by atoms with E-state index in [9.17, 15) is 0 Å². The highest BCUT2D eigenvalue weighted by molar-refractivity contribution is 5.93. The van der Waals surface area contributed by atoms with Crippen LogP contribution in [0.2, 0.25) is 0 Å². The molecule has 0 spiro atoms. The van der Waals surface area contributed by atoms with Gasteiger partial charge in [0.2, 0.25) is 0 Å². The molecule has 0 N–H and O–H groups in total. The van der Waals surface area contributed by atoms with E-state index in [1.807, 2.05) is 25.2 Å². The first-order chi connectivity index (χ1) is 4.60. The Balaban J connectivity index is 2.93. The van der Waals surface area contributed by atoms with Crippen LogP contribution in [0.3, 0.4) is 0 Å². The summed E-state index contributed by atoms with van der Waals surface area (Å²) in [5.74, 6) is 0. The van der Waals surface area contributed by atoms with Crippen LogP contribution in [-0.4, -0.2) is 11.3 Å². The summed E-state index contributed by atoms with van der Waals surface area (Å²) in [6, 6.07) is 0. The van der Waals surface area contributed by atoms with Crippen molar-refractivity contribution in [3.8, 4) is 0 Å². The van der Waals surface area contributed by atoms with E-state index in [1.165, 1.54) is 0 Å². The quantitative estimate of drug-likeness (QED) is 0.483. The molecule has 0 unspecified atom stereocenters. The predicted octanol–water partition coefficient (Wildman–Crippen LogP) is 2.35. The van der Waals surface area contributed by atoms with Crippen molar-refractivity contribution >= 4 is 5.71 Å². The van der Waals surface area contributed by atoms with Crippen LogP contribution >= 0.6 is 0 Å². The van der Waals surface area contributed by atoms with Crippen molar-refractivity contribution in [1.29, 1.82) is 0 Å². The molecule has 54 valence electrons. The van der Waals surface area contributed by atoms with Gasteiger partial charge in [-0.2, -0.15) is 0 Å². The zero-order chi connectivity index (χ0) is 7.61. The molecule has 1 nitrogen and oxygen atoms in total. The molecule has 0 aliphatic carbocycles. The van der Waals surface area contributed by atoms with Crippen LogP contribution < -0.4 is 0 Å². The lowest BCUT2D eigenvalue weighted by Gasteiger charge is -2.13. The van der Waals surface area contributed by atoms with Gasteiger partial charge in [-0.25, -0.2) is 0 Å². The van der Waals surface area contributed by atoms with Crippen molar-refractivity contribution < 1.29 is 0 Å². The SMILES string of the molecule is CC1=NC(C)(C)C=CC=C1. The summed E-state index contributed by atoms with van der Waals surface area (Å²) in [6.45, 7) is 6.21. The lowest BCUT2D eigenvalue weighted by Crippen LogP contribution is -2.13. The fraction of sp³-hybridized carbons (Fsp3) is 0.444. The summed E-state index contributed by atoms with van der Waals surface area (Å²) in [6.07, 6.45) is 8.18. The van der Waals surface area contributed by atoms with Gasteiger partial charge >= 0.3 is 0 Å². The number of hydrogen-bond donors (Lipinski definition) is 0. The number of rotatable bonds is 0. The predicted molar refractivity (Wildman–Crippen MR) is 45.5 cm³/mol. The van der Waals surface area contributed by atoms with Crippen molar-refractivity contribution in [3.63, 3.8) is 0 Å². The smallest absolute Gasteiger partial charge is 0.0737 e. The molecule has 1 rings (SSSR count). The maximum absolute atomic E-state index is 4.45. The van der Waals surface area contributed by atoms with Gasteiger partial charge < -0.3 is 0 Å². The van der Waals surface area contributed by atoms with E-state index in [2.05, 4.69) is 24.9 Å². The Morgan fingerprint density at radius 1 is 1.30 bits per heavy atom. The fourth-order valence-corrected chi connectivity index (χ4v) is 1.01. The molecule has 0 atom stereocenters. The molecular weight excluding hydrogens is 122 g/mol. The van der Waals surface area contributed by atoms with Gasteiger partial charge in [-0.05, 0) is 26.8 Å². The largest absolute Gasteiger partial charge is 0.280 e. The summed E-state index contributed by atoms with van der Waals surface area (Å²) >= 11 is 0. The van der Waals surface area contributed by atoms with Gasteiger partial charge in [0.1, 0.15) is 0 Å². The monoisotopic (exact) mass is 135 g/mol. The van der Waals surface area contributed by atoms with Gasteiger partial charge in [0.15, 0.2) is 0 Å². The average Bonchev–Trinajstić information content (AvgIpc) is 1.90. The van der Waals surface area contributed by atoms with Crippen molar-refractivity contribution in [2.45, 2.75) is 26.3 Å². The van der Waals surface area contributed by atoms with E-state index in [0.29, 0.717) is 0 Å². The second-order valence-corrected chi connectivity index (χ2v) is 3.13. The molecule has 0 radical (unpaired) electrons. The van der Waals surface area contributed by atoms with Gasteiger partial charge in [-0.1, -0.05) is 18.2 Å². The molecule has 0 bridgehead atoms. The van der Waals surface area contributed by atoms with Gasteiger partial charge in [0, 0.05) is 5.71 Å². The third kappa shape index (κ3) is 1.83. The zero-order valence-electron chi connectivity index (χ0n) is 6.76. The molecule has 0 aromatic carbocycles. The van der Waals surface area contributed by atoms with Crippen molar-refractivity contribution in [1.82, 2.24) is 0 Å². The van der Waals surface area contributed by atoms with Crippen molar-refractivity contribution in [2.24, 2.45) is 4.99 Å². The van der Waals surface area contributed by atoms with Gasteiger partial charge in [0.25, 0.3) is 0 Å². The number of allylic oxidation sites excluding steroid dienone is 3. The Labute approximate surface area is 62.2 Å². The minimum absolute atomic E-state index is 0.0203. The van der Waals surface area contributed by atoms with E-state index in [1.54, 1.807) is 0 Å². The van der Waals surface area contributed by atoms with E-state index in [0.717, 1.165) is 5.71 Å². The average molecular weight is 135 g/mol. The minimum Gasteiger partial charge on any atom is -0.280 e. The summed E-state index contributed by atoms with van der Waals surface area (Å²) in [4.78, 5) is 4.45. The molecular formula is C9H13N. The van der Waals surface area contributed by atoms with Gasteiger partial charge in [-0.15, -0.1) is 0 Å². The first kappa shape index (κ1) is 7.26. The molecule has 1 aliphatic heterocycles. The van der Waals surface area contributed by atoms with Crippen molar-refractivity contribution in [2.75, 3.05) is 0 Å². The van der Waals surface area contributed by atoms with Gasteiger partial charge in [0.05, 0.1) is 5.54 Å². The molecule has 0 aromatic rings. The van der Waals surface area contributed by atoms with Crippen LogP contribution in [-0.2, 0) is 0 Å². The standard InChI is InChI=1S/C9H13N/c1-8-6-4-5-7-9(2,3)10-8/h4-7H,1-3H3. The maximum Gasteiger partial charge on any atom is 0.0737 e. The number of aliphatic imine (C=N–C) groups is 1. The topological polar surface area (TPSA) is 12.4 Å². The van der Waals surface area contributed by atoms with Crippen LogP contribution in [0.4, 0.5) is 0 Å². The van der Waals surface area contributed by atoms with Crippen LogP contribution in [0, 0.1) is 0 Å². The minimum atomic E-state index is -0.0203. The van der Waals surface area contributed by atoms with E-state index < -0.39 is 0 Å². The third-order valence-corrected chi connectivity index (χ3v) is 1.42. The van der Waals surface area contributed by atoms with E-state index in [4.69, 9.17) is 0 Å². The van der Waals surface area contributed by atoms with E-state index in [-0.39, 0.29) is 5.54 Å². The third-order valence-electron chi connectivity index (χ3n) is 1.42. The van der Waals surface area contributed by atoms with Crippen LogP contribution in [0.25, 0.3) is 0 Å². The lowest BCUT2D eigenvalue weighted by molar-refractivity contribution is 0.659. The lowest BCUT2D eigenvalue weighted by atomic mass is 10.1. The molecule has 10 heavy (non-hydrogen) atoms. The first-order valence-corrected chi connectivity index (χ1v) is 3.52.